The van der Waals surface area contributed by atoms with Gasteiger partial charge in [-0.25, -0.2) is 10.8 Å². The summed E-state index contributed by atoms with van der Waals surface area (Å²) in [6, 6.07) is 9.55. The maximum atomic E-state index is 5.78. The van der Waals surface area contributed by atoms with Crippen molar-refractivity contribution in [2.24, 2.45) is 5.84 Å². The lowest BCUT2D eigenvalue weighted by Gasteiger charge is -2.10. The number of para-hydroxylation sites is 1. The van der Waals surface area contributed by atoms with Crippen LogP contribution in [0.5, 0.6) is 11.6 Å². The third-order valence-electron chi connectivity index (χ3n) is 2.53. The van der Waals surface area contributed by atoms with Crippen LogP contribution in [-0.4, -0.2) is 9.97 Å². The first-order chi connectivity index (χ1) is 8.72. The molecule has 0 amide bonds. The number of rotatable bonds is 4. The predicted molar refractivity (Wildman–Crippen MR) is 70.5 cm³/mol. The number of nitrogen functional groups attached to an aromatic ring is 1. The predicted octanol–water partition coefficient (Wildman–Crippen LogP) is 2.43. The topological polar surface area (TPSA) is 73.1 Å². The summed E-state index contributed by atoms with van der Waals surface area (Å²) in [5.74, 6) is 7.77. The van der Waals surface area contributed by atoms with Gasteiger partial charge in [0.1, 0.15) is 17.4 Å². The van der Waals surface area contributed by atoms with Gasteiger partial charge in [0.2, 0.25) is 5.88 Å². The molecule has 0 radical (unpaired) electrons. The second-order valence-corrected chi connectivity index (χ2v) is 3.85. The van der Waals surface area contributed by atoms with Crippen molar-refractivity contribution in [3.63, 3.8) is 0 Å². The molecule has 0 fully saturated rings. The zero-order valence-corrected chi connectivity index (χ0v) is 10.5. The van der Waals surface area contributed by atoms with Gasteiger partial charge >= 0.3 is 0 Å². The Balaban J connectivity index is 2.30. The summed E-state index contributed by atoms with van der Waals surface area (Å²) in [4.78, 5) is 8.33. The molecular formula is C13H16N4O. The molecule has 2 rings (SSSR count). The molecule has 5 heteroatoms. The van der Waals surface area contributed by atoms with E-state index >= 15 is 0 Å². The summed E-state index contributed by atoms with van der Waals surface area (Å²) >= 11 is 0. The first-order valence-electron chi connectivity index (χ1n) is 5.81. The molecule has 0 saturated carbocycles. The third-order valence-corrected chi connectivity index (χ3v) is 2.53. The standard InChI is InChI=1S/C13H16N4O/c1-3-10-6-4-5-7-11(10)18-13-8-12(17-14)15-9(2)16-13/h4-8H,3,14H2,1-2H3,(H,15,16,17). The zero-order valence-electron chi connectivity index (χ0n) is 10.5. The molecule has 1 aromatic heterocycles. The molecule has 3 N–H and O–H groups in total. The van der Waals surface area contributed by atoms with Crippen LogP contribution < -0.4 is 16.0 Å². The van der Waals surface area contributed by atoms with Gasteiger partial charge in [-0.2, -0.15) is 4.98 Å². The van der Waals surface area contributed by atoms with Crippen molar-refractivity contribution in [3.05, 3.63) is 41.7 Å². The number of anilines is 1. The van der Waals surface area contributed by atoms with Crippen LogP contribution in [0.15, 0.2) is 30.3 Å². The Morgan fingerprint density at radius 3 is 2.78 bits per heavy atom. The van der Waals surface area contributed by atoms with Gasteiger partial charge in [-0.1, -0.05) is 25.1 Å². The normalized spacial score (nSPS) is 10.2. The van der Waals surface area contributed by atoms with Gasteiger partial charge < -0.3 is 10.2 Å². The number of aromatic nitrogens is 2. The Kier molecular flexibility index (Phi) is 3.74. The minimum Gasteiger partial charge on any atom is -0.439 e. The largest absolute Gasteiger partial charge is 0.439 e. The van der Waals surface area contributed by atoms with Gasteiger partial charge in [0.05, 0.1) is 0 Å². The zero-order chi connectivity index (χ0) is 13.0. The van der Waals surface area contributed by atoms with E-state index in [1.807, 2.05) is 24.3 Å². The van der Waals surface area contributed by atoms with Crippen LogP contribution in [0.1, 0.15) is 18.3 Å². The van der Waals surface area contributed by atoms with Crippen molar-refractivity contribution >= 4 is 5.82 Å². The highest BCUT2D eigenvalue weighted by Crippen LogP contribution is 2.25. The highest BCUT2D eigenvalue weighted by atomic mass is 16.5. The van der Waals surface area contributed by atoms with E-state index in [1.165, 1.54) is 0 Å². The number of nitrogens with one attached hydrogen (secondary N) is 1. The van der Waals surface area contributed by atoms with Crippen molar-refractivity contribution in [2.45, 2.75) is 20.3 Å². The summed E-state index contributed by atoms with van der Waals surface area (Å²) in [6.07, 6.45) is 0.905. The lowest BCUT2D eigenvalue weighted by atomic mass is 10.1. The Hall–Kier alpha value is -2.14. The molecule has 0 unspecified atom stereocenters. The number of benzene rings is 1. The Morgan fingerprint density at radius 1 is 1.28 bits per heavy atom. The van der Waals surface area contributed by atoms with E-state index < -0.39 is 0 Å². The van der Waals surface area contributed by atoms with E-state index in [2.05, 4.69) is 22.3 Å². The summed E-state index contributed by atoms with van der Waals surface area (Å²) in [5, 5.41) is 0. The number of hydrazine groups is 1. The van der Waals surface area contributed by atoms with E-state index in [0.29, 0.717) is 17.5 Å². The number of hydrogen-bond acceptors (Lipinski definition) is 5. The molecule has 0 bridgehead atoms. The van der Waals surface area contributed by atoms with Gasteiger partial charge in [-0.3, -0.25) is 0 Å². The van der Waals surface area contributed by atoms with Crippen molar-refractivity contribution in [2.75, 3.05) is 5.43 Å². The van der Waals surface area contributed by atoms with Crippen LogP contribution in [0.25, 0.3) is 0 Å². The molecule has 0 atom stereocenters. The molecule has 0 aliphatic carbocycles. The molecule has 94 valence electrons. The van der Waals surface area contributed by atoms with Crippen molar-refractivity contribution < 1.29 is 4.74 Å². The maximum absolute atomic E-state index is 5.78. The van der Waals surface area contributed by atoms with Crippen LogP contribution >= 0.6 is 0 Å². The van der Waals surface area contributed by atoms with E-state index in [9.17, 15) is 0 Å². The first-order valence-corrected chi connectivity index (χ1v) is 5.81. The van der Waals surface area contributed by atoms with Gasteiger partial charge in [0.25, 0.3) is 0 Å². The van der Waals surface area contributed by atoms with Gasteiger partial charge in [-0.05, 0) is 25.0 Å². The van der Waals surface area contributed by atoms with Gasteiger partial charge in [-0.15, -0.1) is 0 Å². The smallest absolute Gasteiger partial charge is 0.224 e. The van der Waals surface area contributed by atoms with Crippen LogP contribution in [0, 0.1) is 6.92 Å². The molecular weight excluding hydrogens is 228 g/mol. The minimum atomic E-state index is 0.483. The summed E-state index contributed by atoms with van der Waals surface area (Å²) < 4.78 is 5.78. The van der Waals surface area contributed by atoms with Crippen LogP contribution in [0.3, 0.4) is 0 Å². The molecule has 0 aliphatic heterocycles. The Bertz CT molecular complexity index is 542. The van der Waals surface area contributed by atoms with Gasteiger partial charge in [0, 0.05) is 6.07 Å². The van der Waals surface area contributed by atoms with Gasteiger partial charge in [0.15, 0.2) is 0 Å². The molecule has 1 aromatic carbocycles. The number of hydrogen-bond donors (Lipinski definition) is 2. The van der Waals surface area contributed by atoms with Crippen LogP contribution in [0.4, 0.5) is 5.82 Å². The molecule has 2 aromatic rings. The Labute approximate surface area is 106 Å². The quantitative estimate of drug-likeness (QED) is 0.638. The fraction of sp³-hybridized carbons (Fsp3) is 0.231. The molecule has 18 heavy (non-hydrogen) atoms. The van der Waals surface area contributed by atoms with E-state index in [1.54, 1.807) is 13.0 Å². The fourth-order valence-electron chi connectivity index (χ4n) is 1.67. The third kappa shape index (κ3) is 2.75. The molecule has 5 nitrogen and oxygen atoms in total. The highest BCUT2D eigenvalue weighted by molar-refractivity contribution is 5.41. The number of aryl methyl sites for hydroxylation is 2. The average Bonchev–Trinajstić information content (AvgIpc) is 2.38. The molecule has 1 heterocycles. The number of ether oxygens (including phenoxy) is 1. The summed E-state index contributed by atoms with van der Waals surface area (Å²) in [7, 11) is 0. The fourth-order valence-corrected chi connectivity index (χ4v) is 1.67. The number of nitrogens with two attached hydrogens (primary N) is 1. The average molecular weight is 244 g/mol. The van der Waals surface area contributed by atoms with Crippen LogP contribution in [0.2, 0.25) is 0 Å². The monoisotopic (exact) mass is 244 g/mol. The summed E-state index contributed by atoms with van der Waals surface area (Å²) in [6.45, 7) is 3.87. The number of nitrogens with zero attached hydrogens (tertiary/aromatic N) is 2. The maximum Gasteiger partial charge on any atom is 0.224 e. The van der Waals surface area contributed by atoms with Crippen LogP contribution in [-0.2, 0) is 6.42 Å². The van der Waals surface area contributed by atoms with E-state index in [0.717, 1.165) is 17.7 Å². The summed E-state index contributed by atoms with van der Waals surface area (Å²) in [5.41, 5.74) is 3.63. The second-order valence-electron chi connectivity index (χ2n) is 3.85. The van der Waals surface area contributed by atoms with E-state index in [-0.39, 0.29) is 0 Å². The van der Waals surface area contributed by atoms with Crippen molar-refractivity contribution in [1.29, 1.82) is 0 Å². The molecule has 0 spiro atoms. The highest BCUT2D eigenvalue weighted by Gasteiger charge is 2.06. The molecule has 0 aliphatic rings. The second kappa shape index (κ2) is 5.46. The van der Waals surface area contributed by atoms with Crippen molar-refractivity contribution in [3.8, 4) is 11.6 Å². The van der Waals surface area contributed by atoms with Crippen molar-refractivity contribution in [1.82, 2.24) is 9.97 Å². The Morgan fingerprint density at radius 2 is 2.06 bits per heavy atom. The molecule has 0 saturated heterocycles. The lowest BCUT2D eigenvalue weighted by Crippen LogP contribution is -2.10. The van der Waals surface area contributed by atoms with E-state index in [4.69, 9.17) is 10.6 Å². The lowest BCUT2D eigenvalue weighted by molar-refractivity contribution is 0.455. The first kappa shape index (κ1) is 12.3. The minimum absolute atomic E-state index is 0.483. The SMILES string of the molecule is CCc1ccccc1Oc1cc(NN)nc(C)n1.